The zero-order chi connectivity index (χ0) is 6.41. The number of carbonyl (C=O) groups is 1. The Hall–Kier alpha value is -0.350. The molecule has 54 valence electrons. The first-order valence-electron chi connectivity index (χ1n) is 2.39. The van der Waals surface area contributed by atoms with Crippen LogP contribution in [0.1, 0.15) is 0 Å². The molecule has 3 nitrogen and oxygen atoms in total. The Morgan fingerprint density at radius 3 is 2.67 bits per heavy atom. The molecule has 0 aliphatic carbocycles. The average molecular weight is 196 g/mol. The van der Waals surface area contributed by atoms with Crippen molar-refractivity contribution in [3.05, 3.63) is 12.7 Å². The average Bonchev–Trinajstić information content (AvgIpc) is 1.83. The van der Waals surface area contributed by atoms with Crippen LogP contribution in [0.5, 0.6) is 0 Å². The summed E-state index contributed by atoms with van der Waals surface area (Å²) in [6, 6.07) is 0. The van der Waals surface area contributed by atoms with Crippen LogP contribution in [0.15, 0.2) is 12.7 Å². The van der Waals surface area contributed by atoms with E-state index >= 15 is 0 Å². The van der Waals surface area contributed by atoms with Crippen molar-refractivity contribution in [1.82, 2.24) is 0 Å². The van der Waals surface area contributed by atoms with E-state index < -0.39 is 0 Å². The van der Waals surface area contributed by atoms with Gasteiger partial charge in [0.05, 0.1) is 0 Å². The predicted molar refractivity (Wildman–Crippen MR) is 28.9 cm³/mol. The van der Waals surface area contributed by atoms with Crippen molar-refractivity contribution in [1.29, 1.82) is 0 Å². The highest BCUT2D eigenvalue weighted by molar-refractivity contribution is 5.81. The molecule has 0 aliphatic rings. The molecule has 0 saturated carbocycles. The van der Waals surface area contributed by atoms with Gasteiger partial charge in [0.25, 0.3) is 0 Å². The molecule has 0 fully saturated rings. The van der Waals surface area contributed by atoms with Gasteiger partial charge >= 0.3 is 5.97 Å². The van der Waals surface area contributed by atoms with E-state index in [1.165, 1.54) is 0 Å². The Kier molecular flexibility index (Phi) is 9.73. The topological polar surface area (TPSA) is 53.9 Å². The van der Waals surface area contributed by atoms with Gasteiger partial charge in [0.15, 0.2) is 0 Å². The number of halogens is 1. The van der Waals surface area contributed by atoms with Crippen molar-refractivity contribution in [2.24, 2.45) is 0 Å². The third kappa shape index (κ3) is 7.65. The van der Waals surface area contributed by atoms with Crippen molar-refractivity contribution in [2.75, 3.05) is 13.2 Å². The maximum Gasteiger partial charge on any atom is 0.330 e. The number of carbonyl (C=O) groups excluding carboxylic acids is 1. The lowest BCUT2D eigenvalue weighted by Crippen LogP contribution is -3.00. The predicted octanol–water partition coefficient (Wildman–Crippen LogP) is -4.04. The lowest BCUT2D eigenvalue weighted by atomic mass is 10.6. The van der Waals surface area contributed by atoms with E-state index in [0.717, 1.165) is 6.08 Å². The van der Waals surface area contributed by atoms with Gasteiger partial charge in [-0.05, 0) is 0 Å². The van der Waals surface area contributed by atoms with Crippen LogP contribution >= 0.6 is 0 Å². The monoisotopic (exact) mass is 195 g/mol. The summed E-state index contributed by atoms with van der Waals surface area (Å²) in [5, 5.41) is 0. The van der Waals surface area contributed by atoms with Crippen LogP contribution in [-0.2, 0) is 9.53 Å². The largest absolute Gasteiger partial charge is 1.00 e. The molecule has 0 atom stereocenters. The summed E-state index contributed by atoms with van der Waals surface area (Å²) >= 11 is 0. The minimum atomic E-state index is -0.381. The molecule has 0 aromatic carbocycles. The third-order valence-electron chi connectivity index (χ3n) is 0.555. The molecule has 0 bridgehead atoms. The van der Waals surface area contributed by atoms with Gasteiger partial charge in [0.1, 0.15) is 13.2 Å². The quantitative estimate of drug-likeness (QED) is 0.369. The van der Waals surface area contributed by atoms with E-state index in [0.29, 0.717) is 13.2 Å². The Balaban J connectivity index is 0. The van der Waals surface area contributed by atoms with Crippen LogP contribution in [0.4, 0.5) is 0 Å². The van der Waals surface area contributed by atoms with Crippen LogP contribution in [0.3, 0.4) is 0 Å². The van der Waals surface area contributed by atoms with Gasteiger partial charge in [0.2, 0.25) is 0 Å². The van der Waals surface area contributed by atoms with Crippen molar-refractivity contribution in [3.63, 3.8) is 0 Å². The minimum Gasteiger partial charge on any atom is -1.00 e. The van der Waals surface area contributed by atoms with E-state index in [1.807, 2.05) is 0 Å². The van der Waals surface area contributed by atoms with E-state index in [1.54, 1.807) is 0 Å². The highest BCUT2D eigenvalue weighted by Crippen LogP contribution is 1.74. The summed E-state index contributed by atoms with van der Waals surface area (Å²) in [4.78, 5) is 10.2. The summed E-state index contributed by atoms with van der Waals surface area (Å²) in [5.41, 5.74) is 3.48. The lowest BCUT2D eigenvalue weighted by molar-refractivity contribution is -0.372. The minimum absolute atomic E-state index is 0. The number of hydrogen-bond donors (Lipinski definition) is 1. The van der Waals surface area contributed by atoms with Gasteiger partial charge in [0, 0.05) is 6.08 Å². The molecule has 0 unspecified atom stereocenters. The second kappa shape index (κ2) is 7.65. The summed E-state index contributed by atoms with van der Waals surface area (Å²) in [5.74, 6) is -0.381. The van der Waals surface area contributed by atoms with Gasteiger partial charge in [-0.25, -0.2) is 4.79 Å². The fourth-order valence-electron chi connectivity index (χ4n) is 0.232. The number of ether oxygens (including phenoxy) is 1. The molecular formula is C5H10BrNO2. The lowest BCUT2D eigenvalue weighted by Gasteiger charge is -1.93. The van der Waals surface area contributed by atoms with Gasteiger partial charge < -0.3 is 27.5 Å². The number of hydrogen-bond acceptors (Lipinski definition) is 2. The van der Waals surface area contributed by atoms with Crippen LogP contribution in [0.25, 0.3) is 0 Å². The fourth-order valence-corrected chi connectivity index (χ4v) is 0.232. The maximum atomic E-state index is 10.2. The Morgan fingerprint density at radius 2 is 2.33 bits per heavy atom. The molecule has 0 aromatic rings. The van der Waals surface area contributed by atoms with E-state index in [-0.39, 0.29) is 23.0 Å². The molecule has 0 aliphatic heterocycles. The fraction of sp³-hybridized carbons (Fsp3) is 0.400. The van der Waals surface area contributed by atoms with Crippen molar-refractivity contribution in [2.45, 2.75) is 0 Å². The highest BCUT2D eigenvalue weighted by atomic mass is 79.9. The molecule has 0 aromatic heterocycles. The number of quaternary nitrogens is 1. The molecule has 9 heavy (non-hydrogen) atoms. The van der Waals surface area contributed by atoms with Crippen molar-refractivity contribution >= 4 is 5.97 Å². The standard InChI is InChI=1S/C5H9NO2.BrH/c1-2-5(7)8-4-3-6;/h2H,1,3-4,6H2;1H. The van der Waals surface area contributed by atoms with Crippen molar-refractivity contribution in [3.8, 4) is 0 Å². The van der Waals surface area contributed by atoms with Crippen LogP contribution in [0.2, 0.25) is 0 Å². The first-order valence-corrected chi connectivity index (χ1v) is 2.39. The Labute approximate surface area is 64.6 Å². The van der Waals surface area contributed by atoms with Crippen LogP contribution in [0, 0.1) is 0 Å². The molecule has 0 saturated heterocycles. The normalized spacial score (nSPS) is 7.22. The van der Waals surface area contributed by atoms with Gasteiger partial charge in [-0.2, -0.15) is 0 Å². The molecule has 0 amide bonds. The first-order chi connectivity index (χ1) is 3.81. The van der Waals surface area contributed by atoms with Crippen LogP contribution in [-0.4, -0.2) is 19.1 Å². The second-order valence-electron chi connectivity index (χ2n) is 1.23. The molecular weight excluding hydrogens is 186 g/mol. The summed E-state index contributed by atoms with van der Waals surface area (Å²) in [6.45, 7) is 4.21. The second-order valence-corrected chi connectivity index (χ2v) is 1.23. The Morgan fingerprint density at radius 1 is 1.78 bits per heavy atom. The molecule has 4 heteroatoms. The highest BCUT2D eigenvalue weighted by Gasteiger charge is 1.90. The molecule has 0 radical (unpaired) electrons. The number of rotatable bonds is 3. The molecule has 0 rings (SSSR count). The Bertz CT molecular complexity index is 95.0. The maximum absolute atomic E-state index is 10.2. The van der Waals surface area contributed by atoms with Crippen molar-refractivity contribution < 1.29 is 32.2 Å². The summed E-state index contributed by atoms with van der Waals surface area (Å²) < 4.78 is 4.52. The smallest absolute Gasteiger partial charge is 0.330 e. The van der Waals surface area contributed by atoms with Gasteiger partial charge in [-0.1, -0.05) is 6.58 Å². The van der Waals surface area contributed by atoms with E-state index in [9.17, 15) is 4.79 Å². The molecule has 3 N–H and O–H groups in total. The van der Waals surface area contributed by atoms with Crippen LogP contribution < -0.4 is 22.7 Å². The van der Waals surface area contributed by atoms with E-state index in [4.69, 9.17) is 0 Å². The van der Waals surface area contributed by atoms with Gasteiger partial charge in [-0.3, -0.25) is 0 Å². The zero-order valence-corrected chi connectivity index (χ0v) is 6.69. The summed E-state index contributed by atoms with van der Waals surface area (Å²) in [6.07, 6.45) is 1.13. The van der Waals surface area contributed by atoms with Gasteiger partial charge in [-0.15, -0.1) is 0 Å². The SMILES string of the molecule is C=CC(=O)OCC[NH3+].[Br-]. The first kappa shape index (κ1) is 11.4. The molecule has 0 spiro atoms. The third-order valence-corrected chi connectivity index (χ3v) is 0.555. The number of esters is 1. The zero-order valence-electron chi connectivity index (χ0n) is 5.10. The molecule has 0 heterocycles. The van der Waals surface area contributed by atoms with E-state index in [2.05, 4.69) is 17.0 Å². The summed E-state index contributed by atoms with van der Waals surface area (Å²) in [7, 11) is 0.